The first-order chi connectivity index (χ1) is 12.6. The molecular weight excluding hydrogens is 352 g/mol. The standard InChI is InChI=1S/C20H17ClN2O3.H2/c1-26-10-4-8-23-9-7-13-16(23)11-14(12-5-2-3-6-15(12)21)18-17(13)19(24)22-20(18)25;/h2-3,5-7,9,11H,4,8,10H2,1H3,(H,22,24,25);1H. The molecule has 2 aromatic carbocycles. The van der Waals surface area contributed by atoms with Crippen LogP contribution in [-0.4, -0.2) is 30.1 Å². The number of nitrogens with one attached hydrogen (secondary N) is 1. The van der Waals surface area contributed by atoms with E-state index in [1.54, 1.807) is 13.2 Å². The van der Waals surface area contributed by atoms with Crippen LogP contribution in [0.5, 0.6) is 0 Å². The van der Waals surface area contributed by atoms with Crippen molar-refractivity contribution in [2.75, 3.05) is 13.7 Å². The van der Waals surface area contributed by atoms with Gasteiger partial charge in [0.1, 0.15) is 0 Å². The van der Waals surface area contributed by atoms with Crippen LogP contribution in [0.2, 0.25) is 5.02 Å². The molecule has 5 nitrogen and oxygen atoms in total. The molecule has 0 fully saturated rings. The van der Waals surface area contributed by atoms with Crippen molar-refractivity contribution in [3.8, 4) is 11.1 Å². The summed E-state index contributed by atoms with van der Waals surface area (Å²) in [5.74, 6) is -0.743. The molecule has 0 saturated carbocycles. The molecule has 0 atom stereocenters. The summed E-state index contributed by atoms with van der Waals surface area (Å²) < 4.78 is 7.20. The van der Waals surface area contributed by atoms with E-state index in [1.807, 2.05) is 36.5 Å². The smallest absolute Gasteiger partial charge is 0.259 e. The lowest BCUT2D eigenvalue weighted by Crippen LogP contribution is -2.20. The SMILES string of the molecule is COCCCn1ccc2c3c(c(-c4ccccc4Cl)cc21)C(=O)NC3=O.[HH]. The van der Waals surface area contributed by atoms with E-state index < -0.39 is 0 Å². The van der Waals surface area contributed by atoms with E-state index in [1.165, 1.54) is 0 Å². The van der Waals surface area contributed by atoms with Crippen molar-refractivity contribution in [1.29, 1.82) is 0 Å². The predicted octanol–water partition coefficient (Wildman–Crippen LogP) is 4.13. The number of carbonyl (C=O) groups excluding carboxylic acids is 2. The number of aryl methyl sites for hydroxylation is 1. The lowest BCUT2D eigenvalue weighted by Gasteiger charge is -2.12. The minimum absolute atomic E-state index is 0. The number of aromatic nitrogens is 1. The van der Waals surface area contributed by atoms with Gasteiger partial charge in [-0.15, -0.1) is 0 Å². The summed E-state index contributed by atoms with van der Waals surface area (Å²) in [6.07, 6.45) is 2.79. The van der Waals surface area contributed by atoms with Gasteiger partial charge in [0.2, 0.25) is 0 Å². The second-order valence-electron chi connectivity index (χ2n) is 6.23. The molecule has 134 valence electrons. The van der Waals surface area contributed by atoms with Gasteiger partial charge >= 0.3 is 0 Å². The lowest BCUT2D eigenvalue weighted by molar-refractivity contribution is 0.0880. The van der Waals surface area contributed by atoms with E-state index in [2.05, 4.69) is 9.88 Å². The number of ether oxygens (including phenoxy) is 1. The molecule has 0 aliphatic carbocycles. The summed E-state index contributed by atoms with van der Waals surface area (Å²) in [5, 5.41) is 3.73. The van der Waals surface area contributed by atoms with Crippen molar-refractivity contribution in [3.05, 3.63) is 58.7 Å². The van der Waals surface area contributed by atoms with Crippen LogP contribution in [0.4, 0.5) is 0 Å². The molecule has 1 N–H and O–H groups in total. The molecule has 3 aromatic rings. The van der Waals surface area contributed by atoms with E-state index in [0.29, 0.717) is 28.3 Å². The Morgan fingerprint density at radius 1 is 1.12 bits per heavy atom. The second kappa shape index (κ2) is 6.59. The zero-order chi connectivity index (χ0) is 18.3. The quantitative estimate of drug-likeness (QED) is 0.542. The van der Waals surface area contributed by atoms with Gasteiger partial charge < -0.3 is 9.30 Å². The molecule has 0 radical (unpaired) electrons. The number of carbonyl (C=O) groups is 2. The fourth-order valence-corrected chi connectivity index (χ4v) is 3.74. The van der Waals surface area contributed by atoms with Crippen LogP contribution in [0.15, 0.2) is 42.6 Å². The van der Waals surface area contributed by atoms with Crippen molar-refractivity contribution >= 4 is 34.3 Å². The Labute approximate surface area is 157 Å². The van der Waals surface area contributed by atoms with Gasteiger partial charge in [-0.25, -0.2) is 0 Å². The number of rotatable bonds is 5. The maximum Gasteiger partial charge on any atom is 0.259 e. The molecule has 0 unspecified atom stereocenters. The topological polar surface area (TPSA) is 60.3 Å². The van der Waals surface area contributed by atoms with Crippen LogP contribution < -0.4 is 5.32 Å². The van der Waals surface area contributed by atoms with Crippen molar-refractivity contribution < 1.29 is 15.8 Å². The highest BCUT2D eigenvalue weighted by Crippen LogP contribution is 2.38. The molecule has 0 saturated heterocycles. The van der Waals surface area contributed by atoms with Crippen LogP contribution in [0.3, 0.4) is 0 Å². The van der Waals surface area contributed by atoms with Crippen molar-refractivity contribution in [1.82, 2.24) is 9.88 Å². The van der Waals surface area contributed by atoms with Gasteiger partial charge in [0.25, 0.3) is 11.8 Å². The first-order valence-corrected chi connectivity index (χ1v) is 8.75. The Bertz CT molecular complexity index is 1050. The number of benzene rings is 2. The molecule has 1 aromatic heterocycles. The minimum atomic E-state index is -0.381. The van der Waals surface area contributed by atoms with Crippen molar-refractivity contribution in [3.63, 3.8) is 0 Å². The van der Waals surface area contributed by atoms with Crippen LogP contribution in [0.25, 0.3) is 22.0 Å². The third-order valence-electron chi connectivity index (χ3n) is 4.67. The maximum atomic E-state index is 12.4. The maximum absolute atomic E-state index is 12.4. The van der Waals surface area contributed by atoms with Crippen LogP contribution in [0, 0.1) is 0 Å². The Morgan fingerprint density at radius 2 is 1.88 bits per heavy atom. The van der Waals surface area contributed by atoms with Crippen LogP contribution >= 0.6 is 11.6 Å². The fraction of sp³-hybridized carbons (Fsp3) is 0.200. The summed E-state index contributed by atoms with van der Waals surface area (Å²) in [6, 6.07) is 11.2. The summed E-state index contributed by atoms with van der Waals surface area (Å²) in [6.45, 7) is 1.41. The summed E-state index contributed by atoms with van der Waals surface area (Å²) >= 11 is 6.37. The van der Waals surface area contributed by atoms with E-state index in [9.17, 15) is 9.59 Å². The Hall–Kier alpha value is -2.63. The van der Waals surface area contributed by atoms with Gasteiger partial charge in [0.15, 0.2) is 0 Å². The normalized spacial score (nSPS) is 13.3. The molecule has 1 aliphatic rings. The third kappa shape index (κ3) is 2.60. The van der Waals surface area contributed by atoms with Crippen molar-refractivity contribution in [2.24, 2.45) is 0 Å². The highest BCUT2D eigenvalue weighted by molar-refractivity contribution is 6.35. The van der Waals surface area contributed by atoms with E-state index in [0.717, 1.165) is 29.4 Å². The average molecular weight is 371 g/mol. The summed E-state index contributed by atoms with van der Waals surface area (Å²) in [7, 11) is 1.67. The molecule has 4 rings (SSSR count). The number of hydrogen-bond donors (Lipinski definition) is 1. The van der Waals surface area contributed by atoms with E-state index >= 15 is 0 Å². The first-order valence-electron chi connectivity index (χ1n) is 8.37. The monoisotopic (exact) mass is 370 g/mol. The lowest BCUT2D eigenvalue weighted by atomic mass is 9.94. The number of amides is 2. The zero-order valence-electron chi connectivity index (χ0n) is 14.2. The number of nitrogens with zero attached hydrogens (tertiary/aromatic N) is 1. The van der Waals surface area contributed by atoms with Gasteiger partial charge in [0, 0.05) is 49.4 Å². The van der Waals surface area contributed by atoms with Gasteiger partial charge in [0.05, 0.1) is 11.1 Å². The summed E-state index contributed by atoms with van der Waals surface area (Å²) in [5.41, 5.74) is 3.13. The van der Waals surface area contributed by atoms with Gasteiger partial charge in [-0.3, -0.25) is 14.9 Å². The molecule has 0 spiro atoms. The highest BCUT2D eigenvalue weighted by Gasteiger charge is 2.33. The van der Waals surface area contributed by atoms with E-state index in [4.69, 9.17) is 16.3 Å². The second-order valence-corrected chi connectivity index (χ2v) is 6.63. The largest absolute Gasteiger partial charge is 0.385 e. The van der Waals surface area contributed by atoms with Gasteiger partial charge in [-0.2, -0.15) is 0 Å². The average Bonchev–Trinajstić information content (AvgIpc) is 3.16. The van der Waals surface area contributed by atoms with Gasteiger partial charge in [-0.1, -0.05) is 29.8 Å². The van der Waals surface area contributed by atoms with E-state index in [-0.39, 0.29) is 13.2 Å². The number of methoxy groups -OCH3 is 1. The molecule has 6 heteroatoms. The number of imide groups is 1. The fourth-order valence-electron chi connectivity index (χ4n) is 3.50. The molecule has 2 amide bonds. The molecule has 1 aliphatic heterocycles. The number of fused-ring (bicyclic) bond motifs is 3. The third-order valence-corrected chi connectivity index (χ3v) is 5.00. The molecular formula is C20H19ClN2O3. The number of hydrogen-bond acceptors (Lipinski definition) is 3. The minimum Gasteiger partial charge on any atom is -0.385 e. The summed E-state index contributed by atoms with van der Waals surface area (Å²) in [4.78, 5) is 24.9. The Kier molecular flexibility index (Phi) is 4.26. The van der Waals surface area contributed by atoms with Gasteiger partial charge in [-0.05, 0) is 30.2 Å². The predicted molar refractivity (Wildman–Crippen MR) is 103 cm³/mol. The van der Waals surface area contributed by atoms with Crippen LogP contribution in [0.1, 0.15) is 28.6 Å². The molecule has 26 heavy (non-hydrogen) atoms. The Balaban J connectivity index is 0.00000210. The molecule has 2 heterocycles. The highest BCUT2D eigenvalue weighted by atomic mass is 35.5. The first kappa shape index (κ1) is 16.8. The zero-order valence-corrected chi connectivity index (χ0v) is 15.0. The molecule has 0 bridgehead atoms. The Morgan fingerprint density at radius 3 is 2.65 bits per heavy atom. The number of halogens is 1. The van der Waals surface area contributed by atoms with Crippen molar-refractivity contribution in [2.45, 2.75) is 13.0 Å². The van der Waals surface area contributed by atoms with Crippen LogP contribution in [-0.2, 0) is 11.3 Å².